The van der Waals surface area contributed by atoms with Crippen LogP contribution in [0, 0.1) is 5.41 Å². The van der Waals surface area contributed by atoms with Gasteiger partial charge in [0.25, 0.3) is 0 Å². The van der Waals surface area contributed by atoms with Crippen LogP contribution in [0.25, 0.3) is 0 Å². The van der Waals surface area contributed by atoms with Crippen molar-refractivity contribution in [1.82, 2.24) is 0 Å². The van der Waals surface area contributed by atoms with Gasteiger partial charge in [-0.1, -0.05) is 182 Å². The number of hydrogen-bond donors (Lipinski definition) is 0. The van der Waals surface area contributed by atoms with Gasteiger partial charge in [-0.05, 0) is 19.3 Å². The zero-order chi connectivity index (χ0) is 27.3. The zero-order valence-electron chi connectivity index (χ0n) is 26.3. The van der Waals surface area contributed by atoms with Gasteiger partial charge in [0.2, 0.25) is 0 Å². The van der Waals surface area contributed by atoms with Gasteiger partial charge < -0.3 is 4.74 Å². The molecule has 2 heteroatoms. The van der Waals surface area contributed by atoms with Gasteiger partial charge in [0.15, 0.2) is 0 Å². The molecular formula is C35H70O2. The number of carbonyl (C=O) groups is 1. The van der Waals surface area contributed by atoms with Crippen molar-refractivity contribution in [2.45, 2.75) is 207 Å². The zero-order valence-corrected chi connectivity index (χ0v) is 26.3. The molecule has 0 amide bonds. The minimum atomic E-state index is 0.0393. The molecule has 0 saturated carbocycles. The maximum Gasteiger partial charge on any atom is 0.305 e. The highest BCUT2D eigenvalue weighted by atomic mass is 16.5. The Kier molecular flexibility index (Phi) is 28.1. The minimum Gasteiger partial charge on any atom is -0.465 e. The Bertz CT molecular complexity index is 460. The number of rotatable bonds is 30. The van der Waals surface area contributed by atoms with Crippen molar-refractivity contribution in [1.29, 1.82) is 0 Å². The van der Waals surface area contributed by atoms with Crippen LogP contribution in [-0.2, 0) is 9.53 Å². The number of ether oxygens (including phenoxy) is 1. The average Bonchev–Trinajstić information content (AvgIpc) is 2.90. The van der Waals surface area contributed by atoms with Crippen LogP contribution in [0.2, 0.25) is 0 Å². The lowest BCUT2D eigenvalue weighted by Gasteiger charge is -2.29. The van der Waals surface area contributed by atoms with E-state index in [1.54, 1.807) is 0 Å². The summed E-state index contributed by atoms with van der Waals surface area (Å²) in [5, 5.41) is 0. The first-order chi connectivity index (χ1) is 18.1. The number of esters is 1. The maximum absolute atomic E-state index is 12.4. The third kappa shape index (κ3) is 26.8. The van der Waals surface area contributed by atoms with Crippen molar-refractivity contribution < 1.29 is 9.53 Å². The minimum absolute atomic E-state index is 0.0393. The van der Waals surface area contributed by atoms with E-state index in [0.717, 1.165) is 6.42 Å². The van der Waals surface area contributed by atoms with Crippen LogP contribution in [0.1, 0.15) is 207 Å². The van der Waals surface area contributed by atoms with Crippen LogP contribution in [-0.4, -0.2) is 12.6 Å². The Balaban J connectivity index is 3.81. The van der Waals surface area contributed by atoms with Gasteiger partial charge in [0, 0.05) is 11.8 Å². The Morgan fingerprint density at radius 2 is 0.757 bits per heavy atom. The molecule has 0 rings (SSSR count). The van der Waals surface area contributed by atoms with E-state index in [-0.39, 0.29) is 11.4 Å². The predicted octanol–water partition coefficient (Wildman–Crippen LogP) is 12.5. The first kappa shape index (κ1) is 36.5. The monoisotopic (exact) mass is 523 g/mol. The van der Waals surface area contributed by atoms with Crippen molar-refractivity contribution in [3.05, 3.63) is 0 Å². The molecule has 0 aromatic rings. The fraction of sp³-hybridized carbons (Fsp3) is 0.971. The molecule has 0 N–H and O–H groups in total. The van der Waals surface area contributed by atoms with E-state index in [9.17, 15) is 4.79 Å². The molecule has 1 unspecified atom stereocenters. The van der Waals surface area contributed by atoms with Crippen molar-refractivity contribution >= 4 is 5.97 Å². The highest BCUT2D eigenvalue weighted by molar-refractivity contribution is 5.69. The molecule has 0 bridgehead atoms. The molecule has 0 spiro atoms. The summed E-state index contributed by atoms with van der Waals surface area (Å²) in [4.78, 5) is 12.4. The molecule has 0 radical (unpaired) electrons. The molecule has 0 aliphatic heterocycles. The largest absolute Gasteiger partial charge is 0.465 e. The van der Waals surface area contributed by atoms with Crippen LogP contribution in [0.3, 0.4) is 0 Å². The van der Waals surface area contributed by atoms with Crippen LogP contribution >= 0.6 is 0 Å². The molecule has 0 aliphatic rings. The van der Waals surface area contributed by atoms with Crippen molar-refractivity contribution in [3.63, 3.8) is 0 Å². The van der Waals surface area contributed by atoms with Crippen molar-refractivity contribution in [3.8, 4) is 0 Å². The lowest BCUT2D eigenvalue weighted by molar-refractivity contribution is -0.147. The summed E-state index contributed by atoms with van der Waals surface area (Å²) in [6, 6.07) is 0. The topological polar surface area (TPSA) is 26.3 Å². The second-order valence-corrected chi connectivity index (χ2v) is 12.5. The van der Waals surface area contributed by atoms with Crippen LogP contribution in [0.15, 0.2) is 0 Å². The molecule has 37 heavy (non-hydrogen) atoms. The summed E-state index contributed by atoms with van der Waals surface area (Å²) < 4.78 is 5.84. The van der Waals surface area contributed by atoms with Gasteiger partial charge in [-0.3, -0.25) is 4.79 Å². The standard InChI is InChI=1S/C35H70O2/c1-5-8-11-14-16-17-18-19-20-21-22-23-24-25-27-30-34(36)37-33-35(4,31-28-13-10-7-3)32-29-26-15-12-9-6-2/h5-33H2,1-4H3. The highest BCUT2D eigenvalue weighted by Crippen LogP contribution is 2.32. The lowest BCUT2D eigenvalue weighted by atomic mass is 9.80. The Morgan fingerprint density at radius 1 is 0.459 bits per heavy atom. The van der Waals surface area contributed by atoms with Gasteiger partial charge in [-0.2, -0.15) is 0 Å². The van der Waals surface area contributed by atoms with Crippen LogP contribution < -0.4 is 0 Å². The molecule has 222 valence electrons. The summed E-state index contributed by atoms with van der Waals surface area (Å²) in [6.45, 7) is 9.84. The Labute approximate surface area is 234 Å². The van der Waals surface area contributed by atoms with E-state index < -0.39 is 0 Å². The molecule has 0 aromatic carbocycles. The average molecular weight is 523 g/mol. The third-order valence-electron chi connectivity index (χ3n) is 8.33. The molecule has 0 aliphatic carbocycles. The molecule has 1 atom stereocenters. The smallest absolute Gasteiger partial charge is 0.305 e. The van der Waals surface area contributed by atoms with Crippen LogP contribution in [0.5, 0.6) is 0 Å². The summed E-state index contributed by atoms with van der Waals surface area (Å²) in [7, 11) is 0. The molecule has 0 saturated heterocycles. The fourth-order valence-electron chi connectivity index (χ4n) is 5.55. The van der Waals surface area contributed by atoms with Crippen molar-refractivity contribution in [2.75, 3.05) is 6.61 Å². The van der Waals surface area contributed by atoms with Gasteiger partial charge in [0.05, 0.1) is 6.61 Å². The normalized spacial score (nSPS) is 13.1. The second kappa shape index (κ2) is 28.5. The van der Waals surface area contributed by atoms with E-state index >= 15 is 0 Å². The summed E-state index contributed by atoms with van der Waals surface area (Å²) in [6.07, 6.45) is 36.6. The van der Waals surface area contributed by atoms with E-state index in [1.165, 1.54) is 167 Å². The number of carbonyl (C=O) groups excluding carboxylic acids is 1. The lowest BCUT2D eigenvalue weighted by Crippen LogP contribution is -2.25. The van der Waals surface area contributed by atoms with E-state index in [4.69, 9.17) is 4.74 Å². The summed E-state index contributed by atoms with van der Waals surface area (Å²) in [5.41, 5.74) is 0.170. The summed E-state index contributed by atoms with van der Waals surface area (Å²) >= 11 is 0. The van der Waals surface area contributed by atoms with Crippen molar-refractivity contribution in [2.24, 2.45) is 5.41 Å². The molecule has 0 aromatic heterocycles. The maximum atomic E-state index is 12.4. The van der Waals surface area contributed by atoms with Gasteiger partial charge >= 0.3 is 5.97 Å². The first-order valence-electron chi connectivity index (χ1n) is 17.2. The van der Waals surface area contributed by atoms with Gasteiger partial charge in [-0.25, -0.2) is 0 Å². The SMILES string of the molecule is CCCCCCCCCCCCCCCCCC(=O)OCC(C)(CCCCCC)CCCCCCCC. The van der Waals surface area contributed by atoms with Crippen LogP contribution in [0.4, 0.5) is 0 Å². The Hall–Kier alpha value is -0.530. The number of unbranched alkanes of at least 4 members (excludes halogenated alkanes) is 22. The van der Waals surface area contributed by atoms with E-state index in [2.05, 4.69) is 27.7 Å². The molecule has 0 fully saturated rings. The summed E-state index contributed by atoms with van der Waals surface area (Å²) in [5.74, 6) is 0.0393. The second-order valence-electron chi connectivity index (χ2n) is 12.5. The fourth-order valence-corrected chi connectivity index (χ4v) is 5.55. The quantitative estimate of drug-likeness (QED) is 0.0692. The predicted molar refractivity (Wildman–Crippen MR) is 165 cm³/mol. The van der Waals surface area contributed by atoms with Gasteiger partial charge in [0.1, 0.15) is 0 Å². The van der Waals surface area contributed by atoms with E-state index in [0.29, 0.717) is 13.0 Å². The highest BCUT2D eigenvalue weighted by Gasteiger charge is 2.25. The molecule has 2 nitrogen and oxygen atoms in total. The van der Waals surface area contributed by atoms with Gasteiger partial charge in [-0.15, -0.1) is 0 Å². The number of hydrogen-bond acceptors (Lipinski definition) is 2. The third-order valence-corrected chi connectivity index (χ3v) is 8.33. The molecular weight excluding hydrogens is 452 g/mol. The first-order valence-corrected chi connectivity index (χ1v) is 17.2. The molecule has 0 heterocycles. The Morgan fingerprint density at radius 3 is 1.14 bits per heavy atom. The van der Waals surface area contributed by atoms with E-state index in [1.807, 2.05) is 0 Å².